The third-order valence-corrected chi connectivity index (χ3v) is 7.37. The van der Waals surface area contributed by atoms with Gasteiger partial charge in [0.25, 0.3) is 16.1 Å². The van der Waals surface area contributed by atoms with E-state index in [1.807, 2.05) is 6.07 Å². The number of alkyl halides is 3. The second-order valence-electron chi connectivity index (χ2n) is 8.25. The molecule has 4 rings (SSSR count). The van der Waals surface area contributed by atoms with E-state index < -0.39 is 33.7 Å². The highest BCUT2D eigenvalue weighted by molar-refractivity contribution is 8.00. The van der Waals surface area contributed by atoms with E-state index in [1.54, 1.807) is 24.3 Å². The lowest BCUT2D eigenvalue weighted by Crippen LogP contribution is -2.34. The number of pyridine rings is 1. The van der Waals surface area contributed by atoms with Crippen LogP contribution in [0.25, 0.3) is 0 Å². The molecule has 1 saturated heterocycles. The lowest BCUT2D eigenvalue weighted by atomic mass is 10.2. The smallest absolute Gasteiger partial charge is 0.308 e. The van der Waals surface area contributed by atoms with Crippen molar-refractivity contribution in [2.24, 2.45) is 0 Å². The summed E-state index contributed by atoms with van der Waals surface area (Å²) in [6, 6.07) is 13.7. The van der Waals surface area contributed by atoms with Crippen LogP contribution in [0.5, 0.6) is 0 Å². The van der Waals surface area contributed by atoms with E-state index in [-0.39, 0.29) is 41.1 Å². The number of carbonyl (C=O) groups is 2. The van der Waals surface area contributed by atoms with Crippen LogP contribution in [0.15, 0.2) is 78.0 Å². The molecule has 3 aromatic rings. The molecule has 0 aliphatic carbocycles. The van der Waals surface area contributed by atoms with E-state index in [0.717, 1.165) is 10.5 Å². The van der Waals surface area contributed by atoms with E-state index in [1.165, 1.54) is 54.5 Å². The van der Waals surface area contributed by atoms with Gasteiger partial charge >= 0.3 is 11.5 Å². The number of amides is 3. The summed E-state index contributed by atoms with van der Waals surface area (Å²) in [5, 5.41) is 0. The Morgan fingerprint density at radius 3 is 2.37 bits per heavy atom. The van der Waals surface area contributed by atoms with Crippen molar-refractivity contribution < 1.29 is 31.2 Å². The Bertz CT molecular complexity index is 1420. The van der Waals surface area contributed by atoms with E-state index in [0.29, 0.717) is 5.56 Å². The number of aromatic nitrogens is 1. The maximum absolute atomic E-state index is 13.2. The van der Waals surface area contributed by atoms with Crippen LogP contribution in [-0.4, -0.2) is 41.8 Å². The molecule has 0 spiro atoms. The Balaban J connectivity index is 1.48. The Kier molecular flexibility index (Phi) is 7.94. The van der Waals surface area contributed by atoms with Gasteiger partial charge in [-0.15, -0.1) is 0 Å². The van der Waals surface area contributed by atoms with Crippen molar-refractivity contribution in [2.75, 3.05) is 9.62 Å². The zero-order valence-corrected chi connectivity index (χ0v) is 21.5. The van der Waals surface area contributed by atoms with Crippen molar-refractivity contribution in [3.05, 3.63) is 84.2 Å². The van der Waals surface area contributed by atoms with E-state index in [9.17, 15) is 31.2 Å². The number of halogens is 3. The molecule has 1 fully saturated rings. The van der Waals surface area contributed by atoms with Gasteiger partial charge in [-0.2, -0.15) is 26.3 Å². The fourth-order valence-corrected chi connectivity index (χ4v) is 5.18. The normalized spacial score (nSPS) is 16.3. The molecular weight excluding hydrogens is 543 g/mol. The van der Waals surface area contributed by atoms with Crippen LogP contribution < -0.4 is 14.3 Å². The number of urea groups is 1. The maximum atomic E-state index is 13.2. The van der Waals surface area contributed by atoms with Gasteiger partial charge in [-0.25, -0.2) is 9.69 Å². The van der Waals surface area contributed by atoms with Gasteiger partial charge in [-0.1, -0.05) is 30.3 Å². The highest BCUT2D eigenvalue weighted by Gasteiger charge is 2.43. The Morgan fingerprint density at radius 2 is 1.71 bits per heavy atom. The number of hydrogen-bond acceptors (Lipinski definition) is 6. The first-order valence-electron chi connectivity index (χ1n) is 11.2. The molecule has 1 aliphatic heterocycles. The zero-order chi connectivity index (χ0) is 27.5. The SMILES string of the molecule is CC1C(=O)N(c2ccc(SC(F)(F)F)cc2)C(=O)N1Cc1ccncc1NS(=O)(=O)NCc1ccccc1. The fourth-order valence-electron chi connectivity index (χ4n) is 3.74. The number of rotatable bonds is 9. The van der Waals surface area contributed by atoms with Gasteiger partial charge in [0.15, 0.2) is 0 Å². The first-order valence-corrected chi connectivity index (χ1v) is 13.5. The van der Waals surface area contributed by atoms with Crippen molar-refractivity contribution in [3.8, 4) is 0 Å². The predicted molar refractivity (Wildman–Crippen MR) is 136 cm³/mol. The number of nitrogens with zero attached hydrogens (tertiary/aromatic N) is 3. The molecule has 2 heterocycles. The summed E-state index contributed by atoms with van der Waals surface area (Å²) in [5.74, 6) is -0.563. The van der Waals surface area contributed by atoms with Crippen molar-refractivity contribution in [2.45, 2.75) is 36.5 Å². The van der Waals surface area contributed by atoms with Gasteiger partial charge in [-0.3, -0.25) is 14.5 Å². The molecule has 2 N–H and O–H groups in total. The fraction of sp³-hybridized carbons (Fsp3) is 0.208. The summed E-state index contributed by atoms with van der Waals surface area (Å²) in [5.41, 5.74) is -3.08. The average Bonchev–Trinajstić information content (AvgIpc) is 3.07. The topological polar surface area (TPSA) is 112 Å². The predicted octanol–water partition coefficient (Wildman–Crippen LogP) is 4.50. The third kappa shape index (κ3) is 6.62. The van der Waals surface area contributed by atoms with Gasteiger partial charge in [0.2, 0.25) is 0 Å². The first-order chi connectivity index (χ1) is 17.9. The average molecular weight is 566 g/mol. The van der Waals surface area contributed by atoms with Gasteiger partial charge in [0, 0.05) is 17.6 Å². The molecule has 14 heteroatoms. The lowest BCUT2D eigenvalue weighted by molar-refractivity contribution is -0.119. The van der Waals surface area contributed by atoms with Crippen molar-refractivity contribution in [1.29, 1.82) is 0 Å². The molecule has 0 saturated carbocycles. The van der Waals surface area contributed by atoms with Crippen LogP contribution in [0.2, 0.25) is 0 Å². The van der Waals surface area contributed by atoms with Gasteiger partial charge in [0.1, 0.15) is 6.04 Å². The molecular formula is C24H22F3N5O4S2. The van der Waals surface area contributed by atoms with Crippen molar-refractivity contribution in [1.82, 2.24) is 14.6 Å². The number of imide groups is 1. The minimum atomic E-state index is -4.47. The van der Waals surface area contributed by atoms with Crippen LogP contribution in [0, 0.1) is 0 Å². The summed E-state index contributed by atoms with van der Waals surface area (Å²) in [6.45, 7) is 1.45. The summed E-state index contributed by atoms with van der Waals surface area (Å²) in [4.78, 5) is 32.1. The highest BCUT2D eigenvalue weighted by Crippen LogP contribution is 2.38. The molecule has 38 heavy (non-hydrogen) atoms. The zero-order valence-electron chi connectivity index (χ0n) is 19.8. The second kappa shape index (κ2) is 11.0. The van der Waals surface area contributed by atoms with Crippen LogP contribution in [0.1, 0.15) is 18.1 Å². The number of nitrogens with one attached hydrogen (secondary N) is 2. The quantitative estimate of drug-likeness (QED) is 0.292. The summed E-state index contributed by atoms with van der Waals surface area (Å²) >= 11 is -0.301. The van der Waals surface area contributed by atoms with E-state index in [4.69, 9.17) is 0 Å². The number of benzene rings is 2. The molecule has 0 bridgehead atoms. The first kappa shape index (κ1) is 27.4. The van der Waals surface area contributed by atoms with Crippen molar-refractivity contribution >= 4 is 45.3 Å². The molecule has 1 atom stereocenters. The number of thioether (sulfide) groups is 1. The van der Waals surface area contributed by atoms with Gasteiger partial charge in [0.05, 0.1) is 24.1 Å². The molecule has 9 nitrogen and oxygen atoms in total. The third-order valence-electron chi connectivity index (χ3n) is 5.62. The largest absolute Gasteiger partial charge is 0.446 e. The molecule has 3 amide bonds. The van der Waals surface area contributed by atoms with E-state index in [2.05, 4.69) is 14.4 Å². The van der Waals surface area contributed by atoms with Crippen LogP contribution in [0.3, 0.4) is 0 Å². The number of hydrogen-bond donors (Lipinski definition) is 2. The van der Waals surface area contributed by atoms with Crippen LogP contribution >= 0.6 is 11.8 Å². The molecule has 1 aliphatic rings. The minimum absolute atomic E-state index is 0.0527. The van der Waals surface area contributed by atoms with Crippen LogP contribution in [-0.2, 0) is 28.1 Å². The summed E-state index contributed by atoms with van der Waals surface area (Å²) < 4.78 is 68.0. The van der Waals surface area contributed by atoms with E-state index >= 15 is 0 Å². The Hall–Kier alpha value is -3.62. The maximum Gasteiger partial charge on any atom is 0.446 e. The van der Waals surface area contributed by atoms with Gasteiger partial charge in [-0.05, 0) is 60.1 Å². The lowest BCUT2D eigenvalue weighted by Gasteiger charge is -2.21. The molecule has 1 aromatic heterocycles. The highest BCUT2D eigenvalue weighted by atomic mass is 32.2. The Morgan fingerprint density at radius 1 is 1.03 bits per heavy atom. The molecule has 0 radical (unpaired) electrons. The molecule has 200 valence electrons. The van der Waals surface area contributed by atoms with Gasteiger partial charge < -0.3 is 4.90 Å². The second-order valence-corrected chi connectivity index (χ2v) is 10.9. The summed E-state index contributed by atoms with van der Waals surface area (Å²) in [6.07, 6.45) is 2.71. The van der Waals surface area contributed by atoms with Crippen molar-refractivity contribution in [3.63, 3.8) is 0 Å². The molecule has 2 aromatic carbocycles. The molecule has 1 unspecified atom stereocenters. The standard InChI is InChI=1S/C24H22F3N5O4S2/c1-16-22(33)32(19-7-9-20(10-8-19)37-24(25,26)27)23(34)31(16)15-18-11-12-28-14-21(18)30-38(35,36)29-13-17-5-3-2-4-6-17/h2-12,14,16,29-30H,13,15H2,1H3. The minimum Gasteiger partial charge on any atom is -0.308 e. The number of anilines is 2. The number of carbonyl (C=O) groups excluding carboxylic acids is 2. The summed E-state index contributed by atoms with van der Waals surface area (Å²) in [7, 11) is -4.00. The Labute approximate surface area is 221 Å². The van der Waals surface area contributed by atoms with Crippen LogP contribution in [0.4, 0.5) is 29.3 Å². The monoisotopic (exact) mass is 565 g/mol.